The molecule has 1 fully saturated rings. The lowest BCUT2D eigenvalue weighted by Crippen LogP contribution is -2.39. The third kappa shape index (κ3) is 4.78. The Morgan fingerprint density at radius 1 is 1.00 bits per heavy atom. The van der Waals surface area contributed by atoms with E-state index in [9.17, 15) is 14.4 Å². The summed E-state index contributed by atoms with van der Waals surface area (Å²) in [5.74, 6) is 0.279. The third-order valence-electron chi connectivity index (χ3n) is 6.23. The highest BCUT2D eigenvalue weighted by atomic mass is 16.5. The Hall–Kier alpha value is -3.75. The average Bonchev–Trinajstić information content (AvgIpc) is 3.27. The molecule has 2 aliphatic heterocycles. The number of hydrogen-bond donors (Lipinski definition) is 0. The Bertz CT molecular complexity index is 1100. The maximum atomic E-state index is 12.7. The van der Waals surface area contributed by atoms with Crippen molar-refractivity contribution in [2.45, 2.75) is 19.4 Å². The van der Waals surface area contributed by atoms with Crippen LogP contribution in [0.25, 0.3) is 0 Å². The quantitative estimate of drug-likeness (QED) is 0.575. The first-order chi connectivity index (χ1) is 16.4. The number of ether oxygens (including phenoxy) is 4. The van der Waals surface area contributed by atoms with Crippen molar-refractivity contribution in [1.82, 2.24) is 4.90 Å². The number of carbonyl (C=O) groups is 3. The zero-order chi connectivity index (χ0) is 24.2. The number of fused-ring (bicyclic) bond motifs is 1. The van der Waals surface area contributed by atoms with E-state index in [4.69, 9.17) is 18.9 Å². The van der Waals surface area contributed by atoms with E-state index in [1.54, 1.807) is 55.4 Å². The van der Waals surface area contributed by atoms with E-state index in [2.05, 4.69) is 0 Å². The van der Waals surface area contributed by atoms with Crippen LogP contribution in [0.15, 0.2) is 36.4 Å². The van der Waals surface area contributed by atoms with Gasteiger partial charge in [0.25, 0.3) is 5.91 Å². The Morgan fingerprint density at radius 3 is 2.44 bits per heavy atom. The number of methoxy groups -OCH3 is 3. The molecule has 0 bridgehead atoms. The van der Waals surface area contributed by atoms with Crippen molar-refractivity contribution in [3.63, 3.8) is 0 Å². The van der Waals surface area contributed by atoms with Crippen molar-refractivity contribution in [1.29, 1.82) is 0 Å². The lowest BCUT2D eigenvalue weighted by molar-refractivity contribution is -0.155. The van der Waals surface area contributed by atoms with Crippen LogP contribution >= 0.6 is 0 Å². The van der Waals surface area contributed by atoms with E-state index in [-0.39, 0.29) is 31.4 Å². The number of benzene rings is 2. The van der Waals surface area contributed by atoms with E-state index < -0.39 is 11.9 Å². The number of carbonyl (C=O) groups excluding carboxylic acids is 3. The zero-order valence-electron chi connectivity index (χ0n) is 19.5. The van der Waals surface area contributed by atoms with Crippen molar-refractivity contribution < 1.29 is 33.3 Å². The summed E-state index contributed by atoms with van der Waals surface area (Å²) in [6.07, 6.45) is 0.713. The predicted octanol–water partition coefficient (Wildman–Crippen LogP) is 2.19. The van der Waals surface area contributed by atoms with Gasteiger partial charge in [0.05, 0.1) is 27.2 Å². The molecular formula is C25H28N2O7. The van der Waals surface area contributed by atoms with Gasteiger partial charge in [0.2, 0.25) is 5.91 Å². The minimum absolute atomic E-state index is 0.0446. The summed E-state index contributed by atoms with van der Waals surface area (Å²) in [7, 11) is 4.71. The fraction of sp³-hybridized carbons (Fsp3) is 0.400. The number of amides is 2. The molecule has 2 heterocycles. The summed E-state index contributed by atoms with van der Waals surface area (Å²) in [4.78, 5) is 41.0. The van der Waals surface area contributed by atoms with Crippen molar-refractivity contribution in [2.24, 2.45) is 5.92 Å². The van der Waals surface area contributed by atoms with Gasteiger partial charge in [0.15, 0.2) is 18.1 Å². The van der Waals surface area contributed by atoms with Crippen LogP contribution in [0, 0.1) is 5.92 Å². The predicted molar refractivity (Wildman–Crippen MR) is 123 cm³/mol. The lowest BCUT2D eigenvalue weighted by Gasteiger charge is -2.29. The third-order valence-corrected chi connectivity index (χ3v) is 6.23. The number of nitrogens with zero attached hydrogens (tertiary/aromatic N) is 2. The number of anilines is 1. The van der Waals surface area contributed by atoms with E-state index in [0.717, 1.165) is 11.1 Å². The highest BCUT2D eigenvalue weighted by Gasteiger charge is 2.37. The normalized spacial score (nSPS) is 17.3. The maximum Gasteiger partial charge on any atom is 0.311 e. The maximum absolute atomic E-state index is 12.7. The molecule has 0 spiro atoms. The number of rotatable bonds is 7. The van der Waals surface area contributed by atoms with E-state index in [0.29, 0.717) is 42.4 Å². The fourth-order valence-corrected chi connectivity index (χ4v) is 4.33. The van der Waals surface area contributed by atoms with Crippen LogP contribution in [0.1, 0.15) is 17.5 Å². The SMILES string of the molecule is COc1cccc(N2CC(C(=O)OCC(=O)N3CCc4cc(OC)c(OC)cc4C3)CC2=O)c1. The van der Waals surface area contributed by atoms with Gasteiger partial charge in [-0.2, -0.15) is 0 Å². The average molecular weight is 469 g/mol. The van der Waals surface area contributed by atoms with Crippen LogP contribution in [0.5, 0.6) is 17.2 Å². The molecule has 2 aromatic carbocycles. The van der Waals surface area contributed by atoms with Gasteiger partial charge in [-0.05, 0) is 41.8 Å². The molecular weight excluding hydrogens is 440 g/mol. The Morgan fingerprint density at radius 2 is 1.74 bits per heavy atom. The first-order valence-corrected chi connectivity index (χ1v) is 11.1. The molecule has 9 nitrogen and oxygen atoms in total. The van der Waals surface area contributed by atoms with Crippen molar-refractivity contribution in [3.05, 3.63) is 47.5 Å². The molecule has 9 heteroatoms. The Kier molecular flexibility index (Phi) is 6.90. The van der Waals surface area contributed by atoms with E-state index >= 15 is 0 Å². The van der Waals surface area contributed by atoms with Gasteiger partial charge in [-0.1, -0.05) is 6.07 Å². The molecule has 34 heavy (non-hydrogen) atoms. The first kappa shape index (κ1) is 23.4. The Balaban J connectivity index is 1.33. The molecule has 0 aromatic heterocycles. The van der Waals surface area contributed by atoms with Gasteiger partial charge in [0.1, 0.15) is 5.75 Å². The second kappa shape index (κ2) is 10.0. The van der Waals surface area contributed by atoms with Crippen molar-refractivity contribution >= 4 is 23.5 Å². The topological polar surface area (TPSA) is 94.6 Å². The largest absolute Gasteiger partial charge is 0.497 e. The monoisotopic (exact) mass is 468 g/mol. The second-order valence-corrected chi connectivity index (χ2v) is 8.26. The summed E-state index contributed by atoms with van der Waals surface area (Å²) >= 11 is 0. The molecule has 1 saturated heterocycles. The van der Waals surface area contributed by atoms with E-state index in [1.165, 1.54) is 0 Å². The summed E-state index contributed by atoms with van der Waals surface area (Å²) in [6.45, 7) is 0.769. The van der Waals surface area contributed by atoms with Crippen LogP contribution in [0.4, 0.5) is 5.69 Å². The Labute approximate surface area is 198 Å². The molecule has 1 atom stereocenters. The van der Waals surface area contributed by atoms with Gasteiger partial charge in [-0.3, -0.25) is 14.4 Å². The van der Waals surface area contributed by atoms with Gasteiger partial charge < -0.3 is 28.7 Å². The molecule has 0 saturated carbocycles. The highest BCUT2D eigenvalue weighted by molar-refractivity contribution is 5.99. The van der Waals surface area contributed by atoms with Crippen LogP contribution in [-0.4, -0.2) is 63.7 Å². The van der Waals surface area contributed by atoms with Crippen molar-refractivity contribution in [2.75, 3.05) is 45.9 Å². The van der Waals surface area contributed by atoms with Crippen LogP contribution in [0.2, 0.25) is 0 Å². The van der Waals surface area contributed by atoms with Crippen LogP contribution in [0.3, 0.4) is 0 Å². The minimum Gasteiger partial charge on any atom is -0.497 e. The lowest BCUT2D eigenvalue weighted by atomic mass is 9.99. The molecule has 0 aliphatic carbocycles. The molecule has 2 aliphatic rings. The van der Waals surface area contributed by atoms with E-state index in [1.807, 2.05) is 12.1 Å². The molecule has 0 radical (unpaired) electrons. The summed E-state index contributed by atoms with van der Waals surface area (Å²) in [5, 5.41) is 0. The number of esters is 1. The summed E-state index contributed by atoms with van der Waals surface area (Å²) in [6, 6.07) is 10.9. The van der Waals surface area contributed by atoms with Gasteiger partial charge >= 0.3 is 5.97 Å². The van der Waals surface area contributed by atoms with Gasteiger partial charge in [-0.25, -0.2) is 0 Å². The van der Waals surface area contributed by atoms with Crippen molar-refractivity contribution in [3.8, 4) is 17.2 Å². The smallest absolute Gasteiger partial charge is 0.311 e. The summed E-state index contributed by atoms with van der Waals surface area (Å²) in [5.41, 5.74) is 2.73. The zero-order valence-corrected chi connectivity index (χ0v) is 19.5. The van der Waals surface area contributed by atoms with Crippen LogP contribution < -0.4 is 19.1 Å². The molecule has 1 unspecified atom stereocenters. The highest BCUT2D eigenvalue weighted by Crippen LogP contribution is 2.33. The summed E-state index contributed by atoms with van der Waals surface area (Å²) < 4.78 is 21.2. The molecule has 180 valence electrons. The molecule has 0 N–H and O–H groups in total. The second-order valence-electron chi connectivity index (χ2n) is 8.26. The molecule has 4 rings (SSSR count). The molecule has 2 aromatic rings. The minimum atomic E-state index is -0.620. The number of hydrogen-bond acceptors (Lipinski definition) is 7. The molecule has 2 amide bonds. The first-order valence-electron chi connectivity index (χ1n) is 11.1. The van der Waals surface area contributed by atoms with Gasteiger partial charge in [-0.15, -0.1) is 0 Å². The fourth-order valence-electron chi connectivity index (χ4n) is 4.33. The van der Waals surface area contributed by atoms with Gasteiger partial charge in [0, 0.05) is 37.8 Å². The van der Waals surface area contributed by atoms with Crippen LogP contribution in [-0.2, 0) is 32.1 Å². The standard InChI is InChI=1S/C25H28N2O7/c1-31-20-6-4-5-19(12-20)27-14-18(11-23(27)28)25(30)34-15-24(29)26-8-7-16-9-21(32-2)22(33-3)10-17(16)13-26/h4-6,9-10,12,18H,7-8,11,13-15H2,1-3H3.